The summed E-state index contributed by atoms with van der Waals surface area (Å²) in [4.78, 5) is 7.51. The van der Waals surface area contributed by atoms with E-state index >= 15 is 0 Å². The van der Waals surface area contributed by atoms with Crippen molar-refractivity contribution >= 4 is 11.0 Å². The van der Waals surface area contributed by atoms with Gasteiger partial charge in [-0.3, -0.25) is 0 Å². The SMILES string of the molecule is Cc1cc2nc[nH]c2cc1-c1ccc(CNCCC(C)C)cc1. The van der Waals surface area contributed by atoms with Crippen LogP contribution in [0.3, 0.4) is 0 Å². The maximum Gasteiger partial charge on any atom is 0.0931 e. The number of hydrogen-bond donors (Lipinski definition) is 2. The molecule has 0 spiro atoms. The van der Waals surface area contributed by atoms with Gasteiger partial charge in [0.25, 0.3) is 0 Å². The molecule has 0 aliphatic heterocycles. The molecule has 2 N–H and O–H groups in total. The first-order valence-electron chi connectivity index (χ1n) is 8.37. The molecule has 1 aromatic heterocycles. The maximum absolute atomic E-state index is 4.32. The first-order valence-corrected chi connectivity index (χ1v) is 8.37. The van der Waals surface area contributed by atoms with Crippen LogP contribution in [0.2, 0.25) is 0 Å². The summed E-state index contributed by atoms with van der Waals surface area (Å²) in [6.07, 6.45) is 2.97. The quantitative estimate of drug-likeness (QED) is 0.649. The van der Waals surface area contributed by atoms with Crippen molar-refractivity contribution in [1.82, 2.24) is 15.3 Å². The molecular weight excluding hydrogens is 282 g/mol. The topological polar surface area (TPSA) is 40.7 Å². The Morgan fingerprint density at radius 1 is 1.13 bits per heavy atom. The minimum absolute atomic E-state index is 0.755. The highest BCUT2D eigenvalue weighted by Crippen LogP contribution is 2.27. The molecule has 0 saturated heterocycles. The number of aromatic amines is 1. The zero-order valence-corrected chi connectivity index (χ0v) is 14.2. The van der Waals surface area contributed by atoms with E-state index in [1.807, 2.05) is 0 Å². The number of aromatic nitrogens is 2. The molecule has 0 bridgehead atoms. The molecule has 1 heterocycles. The van der Waals surface area contributed by atoms with Crippen molar-refractivity contribution in [3.05, 3.63) is 53.9 Å². The van der Waals surface area contributed by atoms with E-state index in [9.17, 15) is 0 Å². The van der Waals surface area contributed by atoms with Gasteiger partial charge in [-0.1, -0.05) is 38.1 Å². The van der Waals surface area contributed by atoms with Gasteiger partial charge in [0.15, 0.2) is 0 Å². The van der Waals surface area contributed by atoms with Crippen molar-refractivity contribution in [2.24, 2.45) is 5.92 Å². The van der Waals surface area contributed by atoms with Crippen molar-refractivity contribution in [1.29, 1.82) is 0 Å². The third-order valence-electron chi connectivity index (χ3n) is 4.26. The Labute approximate surface area is 138 Å². The molecule has 3 heteroatoms. The molecule has 0 aliphatic carbocycles. The predicted octanol–water partition coefficient (Wildman–Crippen LogP) is 4.67. The van der Waals surface area contributed by atoms with Gasteiger partial charge in [0.05, 0.1) is 17.4 Å². The summed E-state index contributed by atoms with van der Waals surface area (Å²) >= 11 is 0. The molecule has 23 heavy (non-hydrogen) atoms. The lowest BCUT2D eigenvalue weighted by molar-refractivity contribution is 0.537. The molecule has 2 aromatic carbocycles. The Hall–Kier alpha value is -2.13. The van der Waals surface area contributed by atoms with Gasteiger partial charge in [-0.25, -0.2) is 4.98 Å². The Bertz CT molecular complexity index is 769. The fraction of sp³-hybridized carbons (Fsp3) is 0.350. The zero-order chi connectivity index (χ0) is 16.2. The summed E-state index contributed by atoms with van der Waals surface area (Å²) in [5.41, 5.74) is 7.22. The standard InChI is InChI=1S/C20H25N3/c1-14(2)8-9-21-12-16-4-6-17(7-5-16)18-11-20-19(10-15(18)3)22-13-23-20/h4-7,10-11,13-14,21H,8-9,12H2,1-3H3,(H,22,23). The molecule has 120 valence electrons. The lowest BCUT2D eigenvalue weighted by atomic mass is 9.99. The Kier molecular flexibility index (Phi) is 4.77. The van der Waals surface area contributed by atoms with Crippen molar-refractivity contribution in [3.63, 3.8) is 0 Å². The summed E-state index contributed by atoms with van der Waals surface area (Å²) in [7, 11) is 0. The van der Waals surface area contributed by atoms with E-state index in [-0.39, 0.29) is 0 Å². The van der Waals surface area contributed by atoms with Gasteiger partial charge in [0.1, 0.15) is 0 Å². The molecule has 0 fully saturated rings. The lowest BCUT2D eigenvalue weighted by Crippen LogP contribution is -2.16. The molecule has 3 nitrogen and oxygen atoms in total. The highest BCUT2D eigenvalue weighted by molar-refractivity contribution is 5.83. The summed E-state index contributed by atoms with van der Waals surface area (Å²) in [6, 6.07) is 13.2. The number of hydrogen-bond acceptors (Lipinski definition) is 2. The van der Waals surface area contributed by atoms with E-state index in [0.717, 1.165) is 30.0 Å². The maximum atomic E-state index is 4.32. The molecule has 0 atom stereocenters. The van der Waals surface area contributed by atoms with Gasteiger partial charge < -0.3 is 10.3 Å². The van der Waals surface area contributed by atoms with Crippen molar-refractivity contribution < 1.29 is 0 Å². The average molecular weight is 307 g/mol. The highest BCUT2D eigenvalue weighted by atomic mass is 14.9. The minimum atomic E-state index is 0.755. The third kappa shape index (κ3) is 3.80. The lowest BCUT2D eigenvalue weighted by Gasteiger charge is -2.09. The second-order valence-corrected chi connectivity index (χ2v) is 6.64. The normalized spacial score (nSPS) is 11.5. The van der Waals surface area contributed by atoms with E-state index in [2.05, 4.69) is 72.5 Å². The van der Waals surface area contributed by atoms with E-state index in [0.29, 0.717) is 0 Å². The predicted molar refractivity (Wildman–Crippen MR) is 97.4 cm³/mol. The monoisotopic (exact) mass is 307 g/mol. The highest BCUT2D eigenvalue weighted by Gasteiger charge is 2.06. The third-order valence-corrected chi connectivity index (χ3v) is 4.26. The number of rotatable bonds is 6. The Balaban J connectivity index is 1.72. The van der Waals surface area contributed by atoms with Crippen LogP contribution < -0.4 is 5.32 Å². The second-order valence-electron chi connectivity index (χ2n) is 6.64. The van der Waals surface area contributed by atoms with Crippen LogP contribution >= 0.6 is 0 Å². The zero-order valence-electron chi connectivity index (χ0n) is 14.2. The van der Waals surface area contributed by atoms with Crippen LogP contribution in [0.4, 0.5) is 0 Å². The number of nitrogens with one attached hydrogen (secondary N) is 2. The number of fused-ring (bicyclic) bond motifs is 1. The first kappa shape index (κ1) is 15.8. The molecule has 0 saturated carbocycles. The van der Waals surface area contributed by atoms with Crippen LogP contribution in [-0.4, -0.2) is 16.5 Å². The number of imidazole rings is 1. The molecule has 0 unspecified atom stereocenters. The number of aryl methyl sites for hydroxylation is 1. The van der Waals surface area contributed by atoms with E-state index in [4.69, 9.17) is 0 Å². The molecular formula is C20H25N3. The van der Waals surface area contributed by atoms with Crippen LogP contribution in [-0.2, 0) is 6.54 Å². The fourth-order valence-electron chi connectivity index (χ4n) is 2.82. The number of H-pyrrole nitrogens is 1. The smallest absolute Gasteiger partial charge is 0.0931 e. The van der Waals surface area contributed by atoms with Crippen LogP contribution in [0.1, 0.15) is 31.4 Å². The van der Waals surface area contributed by atoms with Gasteiger partial charge in [-0.2, -0.15) is 0 Å². The summed E-state index contributed by atoms with van der Waals surface area (Å²) < 4.78 is 0. The second kappa shape index (κ2) is 6.97. The molecule has 3 aromatic rings. The number of nitrogens with zero attached hydrogens (tertiary/aromatic N) is 1. The van der Waals surface area contributed by atoms with Gasteiger partial charge >= 0.3 is 0 Å². The van der Waals surface area contributed by atoms with Crippen LogP contribution in [0.25, 0.3) is 22.2 Å². The summed E-state index contributed by atoms with van der Waals surface area (Å²) in [5, 5.41) is 3.51. The van der Waals surface area contributed by atoms with Crippen LogP contribution in [0.15, 0.2) is 42.7 Å². The summed E-state index contributed by atoms with van der Waals surface area (Å²) in [5.74, 6) is 0.755. The van der Waals surface area contributed by atoms with E-state index in [1.54, 1.807) is 6.33 Å². The van der Waals surface area contributed by atoms with Gasteiger partial charge in [-0.15, -0.1) is 0 Å². The molecule has 0 radical (unpaired) electrons. The van der Waals surface area contributed by atoms with E-state index in [1.165, 1.54) is 28.7 Å². The molecule has 0 aliphatic rings. The first-order chi connectivity index (χ1) is 11.1. The van der Waals surface area contributed by atoms with Crippen molar-refractivity contribution in [3.8, 4) is 11.1 Å². The van der Waals surface area contributed by atoms with Gasteiger partial charge in [-0.05, 0) is 60.2 Å². The van der Waals surface area contributed by atoms with Crippen LogP contribution in [0.5, 0.6) is 0 Å². The Morgan fingerprint density at radius 3 is 2.65 bits per heavy atom. The summed E-state index contributed by atoms with van der Waals surface area (Å²) in [6.45, 7) is 8.68. The van der Waals surface area contributed by atoms with Gasteiger partial charge in [0, 0.05) is 6.54 Å². The molecule has 3 rings (SSSR count). The number of benzene rings is 2. The van der Waals surface area contributed by atoms with E-state index < -0.39 is 0 Å². The fourth-order valence-corrected chi connectivity index (χ4v) is 2.82. The average Bonchev–Trinajstić information content (AvgIpc) is 2.98. The Morgan fingerprint density at radius 2 is 1.91 bits per heavy atom. The van der Waals surface area contributed by atoms with Crippen molar-refractivity contribution in [2.45, 2.75) is 33.7 Å². The van der Waals surface area contributed by atoms with Gasteiger partial charge in [0.2, 0.25) is 0 Å². The minimum Gasteiger partial charge on any atom is -0.345 e. The molecule has 0 amide bonds. The van der Waals surface area contributed by atoms with Crippen LogP contribution in [0, 0.1) is 12.8 Å². The van der Waals surface area contributed by atoms with Crippen molar-refractivity contribution in [2.75, 3.05) is 6.54 Å². The largest absolute Gasteiger partial charge is 0.345 e.